The van der Waals surface area contributed by atoms with Gasteiger partial charge in [-0.05, 0) is 18.2 Å². The van der Waals surface area contributed by atoms with E-state index in [0.29, 0.717) is 35.8 Å². The van der Waals surface area contributed by atoms with E-state index in [1.54, 1.807) is 0 Å². The van der Waals surface area contributed by atoms with Crippen molar-refractivity contribution in [3.8, 4) is 22.8 Å². The van der Waals surface area contributed by atoms with Crippen LogP contribution >= 0.6 is 0 Å². The van der Waals surface area contributed by atoms with Crippen LogP contribution in [0.4, 0.5) is 17.3 Å². The van der Waals surface area contributed by atoms with Gasteiger partial charge in [0.2, 0.25) is 11.9 Å². The van der Waals surface area contributed by atoms with E-state index in [9.17, 15) is 0 Å². The van der Waals surface area contributed by atoms with Crippen LogP contribution in [0.3, 0.4) is 0 Å². The molecular formula is C29H22N6. The summed E-state index contributed by atoms with van der Waals surface area (Å²) in [5.41, 5.74) is 4.48. The molecule has 0 atom stereocenters. The van der Waals surface area contributed by atoms with E-state index in [4.69, 9.17) is 19.9 Å². The van der Waals surface area contributed by atoms with Crippen LogP contribution in [-0.2, 0) is 0 Å². The molecule has 0 radical (unpaired) electrons. The summed E-state index contributed by atoms with van der Waals surface area (Å²) in [6.07, 6.45) is 7.96. The maximum atomic E-state index is 4.93. The Labute approximate surface area is 204 Å². The number of anilines is 3. The quantitative estimate of drug-likeness (QED) is 0.371. The lowest BCUT2D eigenvalue weighted by Gasteiger charge is -2.22. The molecule has 35 heavy (non-hydrogen) atoms. The molecule has 0 bridgehead atoms. The molecule has 6 rings (SSSR count). The van der Waals surface area contributed by atoms with Crippen LogP contribution in [0.15, 0.2) is 127 Å². The Hall–Kier alpha value is -4.84. The average Bonchev–Trinajstić information content (AvgIpc) is 3.25. The number of aromatic nitrogens is 3. The number of guanidine groups is 1. The molecular weight excluding hydrogens is 432 g/mol. The Bertz CT molecular complexity index is 1430. The fourth-order valence-corrected chi connectivity index (χ4v) is 4.18. The van der Waals surface area contributed by atoms with Gasteiger partial charge in [-0.3, -0.25) is 0 Å². The molecule has 3 aromatic carbocycles. The second-order valence-electron chi connectivity index (χ2n) is 8.14. The van der Waals surface area contributed by atoms with Crippen LogP contribution in [0.5, 0.6) is 0 Å². The highest BCUT2D eigenvalue weighted by Gasteiger charge is 2.35. The molecule has 2 aliphatic rings. The highest BCUT2D eigenvalue weighted by atomic mass is 15.5. The Morgan fingerprint density at radius 1 is 0.657 bits per heavy atom. The molecule has 0 aliphatic carbocycles. The minimum Gasteiger partial charge on any atom is -0.306 e. The SMILES string of the molecule is C=C1/C=C\C=C/CN2/C(=N\1)N(c1nc(-c3ccccc3)nc(-c3ccccc3)n1)c1ccccc12. The van der Waals surface area contributed by atoms with Gasteiger partial charge >= 0.3 is 0 Å². The van der Waals surface area contributed by atoms with E-state index >= 15 is 0 Å². The summed E-state index contributed by atoms with van der Waals surface area (Å²) in [7, 11) is 0. The Morgan fingerprint density at radius 2 is 1.26 bits per heavy atom. The number of fused-ring (bicyclic) bond motifs is 3. The predicted octanol–water partition coefficient (Wildman–Crippen LogP) is 6.16. The predicted molar refractivity (Wildman–Crippen MR) is 141 cm³/mol. The molecule has 2 aliphatic heterocycles. The van der Waals surface area contributed by atoms with Gasteiger partial charge in [-0.2, -0.15) is 9.97 Å². The summed E-state index contributed by atoms with van der Waals surface area (Å²) in [4.78, 5) is 23.7. The molecule has 0 unspecified atom stereocenters. The first-order valence-electron chi connectivity index (χ1n) is 11.4. The number of hydrogen-bond donors (Lipinski definition) is 0. The molecule has 6 nitrogen and oxygen atoms in total. The zero-order valence-corrected chi connectivity index (χ0v) is 19.0. The lowest BCUT2D eigenvalue weighted by atomic mass is 10.2. The molecule has 4 aromatic rings. The molecule has 0 amide bonds. The van der Waals surface area contributed by atoms with Crippen molar-refractivity contribution in [3.63, 3.8) is 0 Å². The van der Waals surface area contributed by atoms with E-state index in [1.807, 2.05) is 95.9 Å². The maximum absolute atomic E-state index is 4.93. The normalized spacial score (nSPS) is 17.9. The van der Waals surface area contributed by atoms with Gasteiger partial charge in [0.15, 0.2) is 11.6 Å². The van der Waals surface area contributed by atoms with Crippen LogP contribution in [0, 0.1) is 0 Å². The van der Waals surface area contributed by atoms with Crippen molar-refractivity contribution in [1.29, 1.82) is 0 Å². The number of nitrogens with zero attached hydrogens (tertiary/aromatic N) is 6. The number of rotatable bonds is 3. The highest BCUT2D eigenvalue weighted by Crippen LogP contribution is 2.41. The molecule has 0 saturated carbocycles. The van der Waals surface area contributed by atoms with E-state index in [1.165, 1.54) is 0 Å². The van der Waals surface area contributed by atoms with Gasteiger partial charge in [0.05, 0.1) is 17.1 Å². The maximum Gasteiger partial charge on any atom is 0.241 e. The van der Waals surface area contributed by atoms with Crippen molar-refractivity contribution in [2.45, 2.75) is 0 Å². The van der Waals surface area contributed by atoms with Crippen LogP contribution in [0.1, 0.15) is 0 Å². The van der Waals surface area contributed by atoms with Gasteiger partial charge in [0.25, 0.3) is 0 Å². The van der Waals surface area contributed by atoms with Gasteiger partial charge in [-0.1, -0.05) is 97.6 Å². The summed E-state index contributed by atoms with van der Waals surface area (Å²) >= 11 is 0. The van der Waals surface area contributed by atoms with Crippen molar-refractivity contribution in [1.82, 2.24) is 15.0 Å². The average molecular weight is 455 g/mol. The van der Waals surface area contributed by atoms with Crippen LogP contribution in [-0.4, -0.2) is 27.5 Å². The van der Waals surface area contributed by atoms with Crippen molar-refractivity contribution < 1.29 is 0 Å². The smallest absolute Gasteiger partial charge is 0.241 e. The Balaban J connectivity index is 1.59. The fraction of sp³-hybridized carbons (Fsp3) is 0.0345. The number of para-hydroxylation sites is 2. The summed E-state index contributed by atoms with van der Waals surface area (Å²) in [6, 6.07) is 28.1. The first kappa shape index (κ1) is 20.7. The van der Waals surface area contributed by atoms with Crippen LogP contribution in [0.25, 0.3) is 22.8 Å². The zero-order valence-electron chi connectivity index (χ0n) is 19.0. The molecule has 0 saturated heterocycles. The van der Waals surface area contributed by atoms with Gasteiger partial charge in [-0.25, -0.2) is 14.9 Å². The Morgan fingerprint density at radius 3 is 1.91 bits per heavy atom. The fourth-order valence-electron chi connectivity index (χ4n) is 4.18. The number of allylic oxidation sites excluding steroid dienone is 3. The summed E-state index contributed by atoms with van der Waals surface area (Å²) in [5, 5.41) is 0. The third-order valence-corrected chi connectivity index (χ3v) is 5.81. The van der Waals surface area contributed by atoms with Gasteiger partial charge in [0, 0.05) is 17.7 Å². The zero-order chi connectivity index (χ0) is 23.6. The van der Waals surface area contributed by atoms with E-state index in [0.717, 1.165) is 22.5 Å². The van der Waals surface area contributed by atoms with Crippen molar-refractivity contribution in [2.75, 3.05) is 16.3 Å². The minimum absolute atomic E-state index is 0.506. The van der Waals surface area contributed by atoms with Gasteiger partial charge < -0.3 is 4.90 Å². The Kier molecular flexibility index (Phi) is 5.24. The number of aliphatic imine (C=N–C) groups is 1. The van der Waals surface area contributed by atoms with E-state index in [2.05, 4.69) is 29.7 Å². The molecule has 6 heteroatoms. The van der Waals surface area contributed by atoms with E-state index < -0.39 is 0 Å². The second kappa shape index (κ2) is 8.83. The molecule has 0 spiro atoms. The van der Waals surface area contributed by atoms with Gasteiger partial charge in [-0.15, -0.1) is 0 Å². The molecule has 0 N–H and O–H groups in total. The summed E-state index contributed by atoms with van der Waals surface area (Å²) < 4.78 is 0. The summed E-state index contributed by atoms with van der Waals surface area (Å²) in [5.74, 6) is 2.42. The van der Waals surface area contributed by atoms with Crippen LogP contribution in [0.2, 0.25) is 0 Å². The molecule has 168 valence electrons. The monoisotopic (exact) mass is 454 g/mol. The minimum atomic E-state index is 0.506. The standard InChI is InChI=1S/C29H22N6/c1-21-13-5-4-12-20-34-24-18-10-11-19-25(24)35(29(34)30-21)28-32-26(22-14-6-2-7-15-22)31-27(33-28)23-16-8-3-9-17-23/h2-19H,1,20H2/b12-4-,13-5-,30-29+. The topological polar surface area (TPSA) is 57.5 Å². The van der Waals surface area contributed by atoms with Crippen LogP contribution < -0.4 is 9.80 Å². The second-order valence-corrected chi connectivity index (χ2v) is 8.14. The molecule has 1 aromatic heterocycles. The summed E-state index contributed by atoms with van der Waals surface area (Å²) in [6.45, 7) is 4.78. The van der Waals surface area contributed by atoms with Crippen molar-refractivity contribution in [3.05, 3.63) is 122 Å². The third kappa shape index (κ3) is 3.91. The number of benzene rings is 3. The van der Waals surface area contributed by atoms with Crippen molar-refractivity contribution in [2.24, 2.45) is 4.99 Å². The first-order chi connectivity index (χ1) is 17.3. The van der Waals surface area contributed by atoms with E-state index in [-0.39, 0.29) is 0 Å². The highest BCUT2D eigenvalue weighted by molar-refractivity contribution is 6.19. The largest absolute Gasteiger partial charge is 0.306 e. The molecule has 3 heterocycles. The first-order valence-corrected chi connectivity index (χ1v) is 11.4. The molecule has 0 fully saturated rings. The van der Waals surface area contributed by atoms with Gasteiger partial charge in [0.1, 0.15) is 0 Å². The third-order valence-electron chi connectivity index (χ3n) is 5.81. The lowest BCUT2D eigenvalue weighted by Crippen LogP contribution is -2.37. The lowest BCUT2D eigenvalue weighted by molar-refractivity contribution is 1.03. The number of hydrogen-bond acceptors (Lipinski definition) is 6. The van der Waals surface area contributed by atoms with Crippen molar-refractivity contribution >= 4 is 23.3 Å².